The number of likely N-dealkylation sites (N-methyl/N-ethyl adjacent to an activating group) is 1. The van der Waals surface area contributed by atoms with Crippen LogP contribution in [0.5, 0.6) is 0 Å². The third kappa shape index (κ3) is 4.35. The molecule has 5 nitrogen and oxygen atoms in total. The zero-order valence-electron chi connectivity index (χ0n) is 14.1. The molecule has 0 unspecified atom stereocenters. The molecule has 0 bridgehead atoms. The zero-order chi connectivity index (χ0) is 17.7. The Morgan fingerprint density at radius 2 is 1.54 bits per heavy atom. The van der Waals surface area contributed by atoms with Crippen LogP contribution in [-0.4, -0.2) is 33.7 Å². The second-order valence-corrected chi connectivity index (χ2v) is 7.49. The van der Waals surface area contributed by atoms with E-state index in [4.69, 9.17) is 0 Å². The topological polar surface area (TPSA) is 57.7 Å². The molecule has 128 valence electrons. The van der Waals surface area contributed by atoms with Crippen molar-refractivity contribution in [2.75, 3.05) is 28.6 Å². The minimum absolute atomic E-state index is 0.232. The first-order valence-electron chi connectivity index (χ1n) is 7.72. The number of aryl methyl sites for hydroxylation is 1. The monoisotopic (exact) mass is 346 g/mol. The van der Waals surface area contributed by atoms with Crippen molar-refractivity contribution < 1.29 is 13.2 Å². The van der Waals surface area contributed by atoms with Crippen LogP contribution in [0.4, 0.5) is 11.4 Å². The minimum Gasteiger partial charge on any atom is -0.311 e. The van der Waals surface area contributed by atoms with Gasteiger partial charge in [-0.2, -0.15) is 0 Å². The number of para-hydroxylation sites is 1. The first-order chi connectivity index (χ1) is 11.3. The molecule has 2 aromatic carbocycles. The molecule has 0 aliphatic carbocycles. The van der Waals surface area contributed by atoms with Crippen LogP contribution in [0.2, 0.25) is 0 Å². The Labute approximate surface area is 143 Å². The number of nitrogens with zero attached hydrogens (tertiary/aromatic N) is 2. The van der Waals surface area contributed by atoms with E-state index in [0.29, 0.717) is 12.2 Å². The molecular weight excluding hydrogens is 324 g/mol. The molecule has 0 atom stereocenters. The summed E-state index contributed by atoms with van der Waals surface area (Å²) in [5, 5.41) is 0. The fourth-order valence-corrected chi connectivity index (χ4v) is 3.28. The second kappa shape index (κ2) is 7.49. The van der Waals surface area contributed by atoms with Crippen molar-refractivity contribution in [3.63, 3.8) is 0 Å². The summed E-state index contributed by atoms with van der Waals surface area (Å²) >= 11 is 0. The van der Waals surface area contributed by atoms with Crippen LogP contribution >= 0.6 is 0 Å². The highest BCUT2D eigenvalue weighted by Gasteiger charge is 2.24. The van der Waals surface area contributed by atoms with Crippen molar-refractivity contribution in [1.29, 1.82) is 0 Å². The fourth-order valence-electron chi connectivity index (χ4n) is 2.43. The normalized spacial score (nSPS) is 11.1. The lowest BCUT2D eigenvalue weighted by molar-refractivity contribution is -0.117. The van der Waals surface area contributed by atoms with Gasteiger partial charge >= 0.3 is 0 Å². The van der Waals surface area contributed by atoms with E-state index in [1.807, 2.05) is 56.3 Å². The number of sulfonamides is 1. The molecule has 0 saturated heterocycles. The highest BCUT2D eigenvalue weighted by molar-refractivity contribution is 7.92. The average Bonchev–Trinajstić information content (AvgIpc) is 2.54. The number of benzene rings is 2. The Morgan fingerprint density at radius 1 is 0.958 bits per heavy atom. The summed E-state index contributed by atoms with van der Waals surface area (Å²) in [5.74, 6) is -0.269. The molecule has 0 aromatic heterocycles. The van der Waals surface area contributed by atoms with Crippen LogP contribution in [0.1, 0.15) is 12.5 Å². The summed E-state index contributed by atoms with van der Waals surface area (Å²) in [7, 11) is -3.56. The lowest BCUT2D eigenvalue weighted by Crippen LogP contribution is -2.42. The summed E-state index contributed by atoms with van der Waals surface area (Å²) < 4.78 is 25.4. The molecule has 6 heteroatoms. The standard InChI is InChI=1S/C18H22N2O3S/c1-4-19(16-8-6-5-7-9-16)18(21)14-20(24(3,22)23)17-12-10-15(2)11-13-17/h5-13H,4,14H2,1-3H3. The Hall–Kier alpha value is -2.34. The molecule has 0 aliphatic rings. The maximum atomic E-state index is 12.7. The van der Waals surface area contributed by atoms with E-state index in [1.54, 1.807) is 17.0 Å². The van der Waals surface area contributed by atoms with Crippen molar-refractivity contribution in [1.82, 2.24) is 0 Å². The van der Waals surface area contributed by atoms with Gasteiger partial charge in [0.15, 0.2) is 0 Å². The molecular formula is C18H22N2O3S. The highest BCUT2D eigenvalue weighted by Crippen LogP contribution is 2.20. The molecule has 0 spiro atoms. The molecule has 0 aliphatic heterocycles. The van der Waals surface area contributed by atoms with Crippen LogP contribution in [0.25, 0.3) is 0 Å². The van der Waals surface area contributed by atoms with Gasteiger partial charge in [-0.3, -0.25) is 9.10 Å². The Balaban J connectivity index is 2.29. The number of carbonyl (C=O) groups is 1. The summed E-state index contributed by atoms with van der Waals surface area (Å²) in [6.07, 6.45) is 1.11. The van der Waals surface area contributed by atoms with Gasteiger partial charge in [-0.05, 0) is 38.1 Å². The van der Waals surface area contributed by atoms with Crippen molar-refractivity contribution in [2.24, 2.45) is 0 Å². The molecule has 0 saturated carbocycles. The summed E-state index contributed by atoms with van der Waals surface area (Å²) in [4.78, 5) is 14.3. The van der Waals surface area contributed by atoms with Gasteiger partial charge in [0.1, 0.15) is 6.54 Å². The van der Waals surface area contributed by atoms with Crippen molar-refractivity contribution >= 4 is 27.3 Å². The lowest BCUT2D eigenvalue weighted by Gasteiger charge is -2.27. The van der Waals surface area contributed by atoms with E-state index >= 15 is 0 Å². The fraction of sp³-hybridized carbons (Fsp3) is 0.278. The summed E-state index contributed by atoms with van der Waals surface area (Å²) in [6.45, 7) is 4.02. The van der Waals surface area contributed by atoms with Gasteiger partial charge in [-0.1, -0.05) is 35.9 Å². The molecule has 2 rings (SSSR count). The van der Waals surface area contributed by atoms with Crippen LogP contribution in [0.15, 0.2) is 54.6 Å². The largest absolute Gasteiger partial charge is 0.311 e. The summed E-state index contributed by atoms with van der Waals surface area (Å²) in [6, 6.07) is 16.3. The van der Waals surface area contributed by atoms with E-state index in [9.17, 15) is 13.2 Å². The van der Waals surface area contributed by atoms with Gasteiger partial charge in [-0.25, -0.2) is 8.42 Å². The van der Waals surface area contributed by atoms with Crippen molar-refractivity contribution in [2.45, 2.75) is 13.8 Å². The van der Waals surface area contributed by atoms with Gasteiger partial charge in [-0.15, -0.1) is 0 Å². The van der Waals surface area contributed by atoms with Gasteiger partial charge in [0.2, 0.25) is 15.9 Å². The third-order valence-corrected chi connectivity index (χ3v) is 4.83. The van der Waals surface area contributed by atoms with Crippen LogP contribution in [0, 0.1) is 6.92 Å². The van der Waals surface area contributed by atoms with Crippen LogP contribution < -0.4 is 9.21 Å². The van der Waals surface area contributed by atoms with Gasteiger partial charge in [0.05, 0.1) is 11.9 Å². The smallest absolute Gasteiger partial charge is 0.247 e. The average molecular weight is 346 g/mol. The van der Waals surface area contributed by atoms with Crippen molar-refractivity contribution in [3.8, 4) is 0 Å². The molecule has 0 heterocycles. The van der Waals surface area contributed by atoms with Crippen LogP contribution in [0.3, 0.4) is 0 Å². The number of anilines is 2. The molecule has 1 amide bonds. The van der Waals surface area contributed by atoms with E-state index in [0.717, 1.165) is 21.8 Å². The van der Waals surface area contributed by atoms with E-state index in [2.05, 4.69) is 0 Å². The maximum Gasteiger partial charge on any atom is 0.247 e. The Bertz CT molecular complexity index is 787. The number of amides is 1. The molecule has 0 radical (unpaired) electrons. The Morgan fingerprint density at radius 3 is 2.04 bits per heavy atom. The first-order valence-corrected chi connectivity index (χ1v) is 9.57. The quantitative estimate of drug-likeness (QED) is 0.808. The van der Waals surface area contributed by atoms with E-state index < -0.39 is 10.0 Å². The SMILES string of the molecule is CCN(C(=O)CN(c1ccc(C)cc1)S(C)(=O)=O)c1ccccc1. The molecule has 0 N–H and O–H groups in total. The highest BCUT2D eigenvalue weighted by atomic mass is 32.2. The second-order valence-electron chi connectivity index (χ2n) is 5.58. The predicted molar refractivity (Wildman–Crippen MR) is 97.8 cm³/mol. The lowest BCUT2D eigenvalue weighted by atomic mass is 10.2. The summed E-state index contributed by atoms with van der Waals surface area (Å²) in [5.41, 5.74) is 2.26. The van der Waals surface area contributed by atoms with Gasteiger partial charge in [0.25, 0.3) is 0 Å². The number of carbonyl (C=O) groups excluding carboxylic acids is 1. The van der Waals surface area contributed by atoms with Gasteiger partial charge in [0, 0.05) is 12.2 Å². The molecule has 0 fully saturated rings. The van der Waals surface area contributed by atoms with Gasteiger partial charge < -0.3 is 4.90 Å². The number of hydrogen-bond donors (Lipinski definition) is 0. The minimum atomic E-state index is -3.56. The zero-order valence-corrected chi connectivity index (χ0v) is 15.0. The van der Waals surface area contributed by atoms with E-state index in [-0.39, 0.29) is 12.5 Å². The van der Waals surface area contributed by atoms with Crippen LogP contribution in [-0.2, 0) is 14.8 Å². The maximum absolute atomic E-state index is 12.7. The third-order valence-electron chi connectivity index (χ3n) is 3.69. The molecule has 24 heavy (non-hydrogen) atoms. The predicted octanol–water partition coefficient (Wildman–Crippen LogP) is 2.81. The van der Waals surface area contributed by atoms with E-state index in [1.165, 1.54) is 0 Å². The van der Waals surface area contributed by atoms with Crippen molar-refractivity contribution in [3.05, 3.63) is 60.2 Å². The number of hydrogen-bond acceptors (Lipinski definition) is 3. The number of rotatable bonds is 6. The molecule has 2 aromatic rings. The Kier molecular flexibility index (Phi) is 5.62. The first kappa shape index (κ1) is 18.0.